The van der Waals surface area contributed by atoms with Crippen LogP contribution in [0.1, 0.15) is 49.9 Å². The molecule has 12 aromatic rings. The van der Waals surface area contributed by atoms with E-state index >= 15 is 0 Å². The van der Waals surface area contributed by atoms with E-state index in [4.69, 9.17) is 0 Å². The summed E-state index contributed by atoms with van der Waals surface area (Å²) in [6.45, 7) is 9.35. The van der Waals surface area contributed by atoms with Gasteiger partial charge in [0.15, 0.2) is 0 Å². The number of rotatable bonds is 13. The van der Waals surface area contributed by atoms with Gasteiger partial charge in [0.1, 0.15) is 0 Å². The van der Waals surface area contributed by atoms with Crippen molar-refractivity contribution < 1.29 is 0 Å². The first-order valence-corrected chi connectivity index (χ1v) is 28.5. The smallest absolute Gasteiger partial charge is 0.0468 e. The third kappa shape index (κ3) is 8.81. The van der Waals surface area contributed by atoms with Crippen LogP contribution >= 0.6 is 0 Å². The van der Waals surface area contributed by atoms with Gasteiger partial charge in [-0.1, -0.05) is 185 Å². The molecule has 0 N–H and O–H groups in total. The second kappa shape index (κ2) is 20.5. The summed E-state index contributed by atoms with van der Waals surface area (Å²) in [6.07, 6.45) is 0. The third-order valence-corrected chi connectivity index (χ3v) is 17.0. The van der Waals surface area contributed by atoms with Crippen LogP contribution in [0.25, 0.3) is 33.4 Å². The zero-order valence-electron chi connectivity index (χ0n) is 46.7. The molecule has 0 unspecified atom stereocenters. The van der Waals surface area contributed by atoms with Gasteiger partial charge in [-0.15, -0.1) is 0 Å². The lowest BCUT2D eigenvalue weighted by Crippen LogP contribution is -2.15. The number of hydrogen-bond acceptors (Lipinski definition) is 4. The van der Waals surface area contributed by atoms with Crippen molar-refractivity contribution in [2.75, 3.05) is 19.6 Å². The quantitative estimate of drug-likeness (QED) is 0.114. The molecule has 0 aliphatic heterocycles. The fraction of sp³-hybridized carbons (Fsp3) is 0.0769. The average molecular weight is 1060 g/mol. The van der Waals surface area contributed by atoms with Gasteiger partial charge in [-0.3, -0.25) is 0 Å². The number of benzene rings is 12. The minimum atomic E-state index is -0.0577. The summed E-state index contributed by atoms with van der Waals surface area (Å²) in [6, 6.07) is 110. The molecule has 0 heterocycles. The Hall–Kier alpha value is -10.2. The van der Waals surface area contributed by atoms with Crippen molar-refractivity contribution in [1.29, 1.82) is 0 Å². The normalized spacial score (nSPS) is 13.1. The topological polar surface area (TPSA) is 13.0 Å². The molecule has 0 saturated carbocycles. The van der Waals surface area contributed by atoms with Crippen LogP contribution < -0.4 is 19.6 Å². The zero-order chi connectivity index (χ0) is 55.4. The Balaban J connectivity index is 0.753. The van der Waals surface area contributed by atoms with Crippen LogP contribution in [0.2, 0.25) is 0 Å². The van der Waals surface area contributed by atoms with Gasteiger partial charge in [0.25, 0.3) is 0 Å². The van der Waals surface area contributed by atoms with Crippen molar-refractivity contribution in [3.63, 3.8) is 0 Å². The van der Waals surface area contributed by atoms with Crippen molar-refractivity contribution in [3.05, 3.63) is 326 Å². The van der Waals surface area contributed by atoms with E-state index in [1.165, 1.54) is 44.5 Å². The van der Waals surface area contributed by atoms with Crippen LogP contribution in [0, 0.1) is 0 Å². The summed E-state index contributed by atoms with van der Waals surface area (Å²) >= 11 is 0. The molecule has 394 valence electrons. The molecule has 4 nitrogen and oxygen atoms in total. The molecule has 0 saturated heterocycles. The number of hydrogen-bond donors (Lipinski definition) is 0. The van der Waals surface area contributed by atoms with E-state index in [1.807, 2.05) is 0 Å². The highest BCUT2D eigenvalue weighted by Gasteiger charge is 2.37. The second-order valence-electron chi connectivity index (χ2n) is 22.6. The maximum absolute atomic E-state index is 2.38. The monoisotopic (exact) mass is 1050 g/mol. The van der Waals surface area contributed by atoms with Gasteiger partial charge in [0, 0.05) is 79.1 Å². The van der Waals surface area contributed by atoms with E-state index in [-0.39, 0.29) is 10.8 Å². The van der Waals surface area contributed by atoms with Crippen molar-refractivity contribution >= 4 is 68.2 Å². The molecule has 82 heavy (non-hydrogen) atoms. The Labute approximate surface area is 482 Å². The molecule has 0 radical (unpaired) electrons. The number of para-hydroxylation sites is 4. The predicted molar refractivity (Wildman–Crippen MR) is 346 cm³/mol. The molecule has 0 atom stereocenters. The first kappa shape index (κ1) is 50.1. The molecule has 0 fully saturated rings. The molecule has 4 heteroatoms. The van der Waals surface area contributed by atoms with E-state index in [0.717, 1.165) is 79.4 Å². The van der Waals surface area contributed by atoms with Crippen LogP contribution in [0.4, 0.5) is 68.2 Å². The maximum atomic E-state index is 2.38. The number of anilines is 12. The summed E-state index contributed by atoms with van der Waals surface area (Å²) in [5.74, 6) is 0. The van der Waals surface area contributed by atoms with Crippen LogP contribution in [-0.2, 0) is 10.8 Å². The van der Waals surface area contributed by atoms with Crippen molar-refractivity contribution in [2.45, 2.75) is 38.5 Å². The lowest BCUT2D eigenvalue weighted by Gasteiger charge is -2.29. The molecule has 2 aliphatic carbocycles. The van der Waals surface area contributed by atoms with Crippen molar-refractivity contribution in [3.8, 4) is 33.4 Å². The molecule has 0 bridgehead atoms. The highest BCUT2D eigenvalue weighted by atomic mass is 15.2. The summed E-state index contributed by atoms with van der Waals surface area (Å²) in [5.41, 5.74) is 26.0. The van der Waals surface area contributed by atoms with E-state index in [1.54, 1.807) is 0 Å². The standard InChI is InChI=1S/C78H62N4/c1-77(2)73-31-19-17-29-69(73)71-53-67(49-51-75(71)77)81(59-25-13-7-14-26-59)65-45-41-63(42-46-65)79(57-21-9-5-10-22-57)61-37-33-55(34-38-61)56-35-39-62(40-36-56)80(58-23-11-6-12-24-58)64-43-47-66(48-44-64)82(60-27-15-8-16-28-60)68-50-52-76-72(54-68)70-30-18-20-32-74(70)78(76,3)4/h5-54H,1-4H3. The van der Waals surface area contributed by atoms with Crippen LogP contribution in [0.3, 0.4) is 0 Å². The van der Waals surface area contributed by atoms with E-state index < -0.39 is 0 Å². The average Bonchev–Trinajstić information content (AvgIpc) is 2.77. The van der Waals surface area contributed by atoms with E-state index in [9.17, 15) is 0 Å². The van der Waals surface area contributed by atoms with Gasteiger partial charge >= 0.3 is 0 Å². The fourth-order valence-electron chi connectivity index (χ4n) is 12.9. The van der Waals surface area contributed by atoms with E-state index in [2.05, 4.69) is 351 Å². The minimum Gasteiger partial charge on any atom is -0.311 e. The summed E-state index contributed by atoms with van der Waals surface area (Å²) in [5, 5.41) is 0. The molecule has 14 rings (SSSR count). The predicted octanol–water partition coefficient (Wildman–Crippen LogP) is 21.8. The Morgan fingerprint density at radius 3 is 0.683 bits per heavy atom. The lowest BCUT2D eigenvalue weighted by molar-refractivity contribution is 0.660. The zero-order valence-corrected chi connectivity index (χ0v) is 46.7. The fourth-order valence-corrected chi connectivity index (χ4v) is 12.9. The Bertz CT molecular complexity index is 3950. The highest BCUT2D eigenvalue weighted by Crippen LogP contribution is 2.53. The van der Waals surface area contributed by atoms with E-state index in [0.29, 0.717) is 0 Å². The van der Waals surface area contributed by atoms with Crippen molar-refractivity contribution in [2.24, 2.45) is 0 Å². The molecular weight excluding hydrogens is 993 g/mol. The molecule has 0 amide bonds. The van der Waals surface area contributed by atoms with Crippen LogP contribution in [0.5, 0.6) is 0 Å². The number of nitrogens with zero attached hydrogens (tertiary/aromatic N) is 4. The number of fused-ring (bicyclic) bond motifs is 6. The molecular formula is C78H62N4. The summed E-state index contributed by atoms with van der Waals surface area (Å²) < 4.78 is 0. The maximum Gasteiger partial charge on any atom is 0.0468 e. The summed E-state index contributed by atoms with van der Waals surface area (Å²) in [7, 11) is 0. The third-order valence-electron chi connectivity index (χ3n) is 17.0. The first-order chi connectivity index (χ1) is 40.2. The summed E-state index contributed by atoms with van der Waals surface area (Å²) in [4.78, 5) is 9.42. The first-order valence-electron chi connectivity index (χ1n) is 28.5. The van der Waals surface area contributed by atoms with Gasteiger partial charge in [-0.05, 0) is 201 Å². The minimum absolute atomic E-state index is 0.0577. The van der Waals surface area contributed by atoms with Gasteiger partial charge in [0.2, 0.25) is 0 Å². The largest absolute Gasteiger partial charge is 0.311 e. The lowest BCUT2D eigenvalue weighted by atomic mass is 9.82. The Morgan fingerprint density at radius 2 is 0.390 bits per heavy atom. The van der Waals surface area contributed by atoms with Gasteiger partial charge < -0.3 is 19.6 Å². The second-order valence-corrected chi connectivity index (χ2v) is 22.6. The SMILES string of the molecule is CC1(C)c2ccccc2-c2cc(N(c3ccccc3)c3ccc(N(c4ccccc4)c4ccc(-c5ccc(N(c6ccccc6)c6ccc(N(c7ccccc7)c7ccc8c(c7)-c7ccccc7C8(C)C)cc6)cc5)cc4)cc3)ccc21. The Morgan fingerprint density at radius 1 is 0.183 bits per heavy atom. The van der Waals surface area contributed by atoms with Gasteiger partial charge in [-0.25, -0.2) is 0 Å². The van der Waals surface area contributed by atoms with Gasteiger partial charge in [-0.2, -0.15) is 0 Å². The van der Waals surface area contributed by atoms with Crippen molar-refractivity contribution in [1.82, 2.24) is 0 Å². The van der Waals surface area contributed by atoms with Crippen LogP contribution in [0.15, 0.2) is 303 Å². The Kier molecular flexibility index (Phi) is 12.5. The molecule has 0 aromatic heterocycles. The molecule has 12 aromatic carbocycles. The highest BCUT2D eigenvalue weighted by molar-refractivity contribution is 5.90. The molecule has 0 spiro atoms. The van der Waals surface area contributed by atoms with Crippen LogP contribution in [-0.4, -0.2) is 0 Å². The molecule has 2 aliphatic rings. The van der Waals surface area contributed by atoms with Gasteiger partial charge in [0.05, 0.1) is 0 Å².